The number of rotatable bonds is 5. The number of aryl methyl sites for hydroxylation is 1. The molecule has 0 bridgehead atoms. The van der Waals surface area contributed by atoms with Crippen LogP contribution in [0.25, 0.3) is 0 Å². The normalized spacial score (nSPS) is 13.1. The highest BCUT2D eigenvalue weighted by Crippen LogP contribution is 2.22. The smallest absolute Gasteiger partial charge is 0.157 e. The molecule has 2 rings (SSSR count). The van der Waals surface area contributed by atoms with Crippen LogP contribution >= 0.6 is 0 Å². The largest absolute Gasteiger partial charge is 0.387 e. The molecule has 118 valence electrons. The van der Waals surface area contributed by atoms with Crippen LogP contribution in [0.5, 0.6) is 0 Å². The van der Waals surface area contributed by atoms with Crippen LogP contribution in [0, 0.1) is 18.6 Å². The molecule has 0 fully saturated rings. The molecule has 0 saturated heterocycles. The maximum Gasteiger partial charge on any atom is 0.157 e. The van der Waals surface area contributed by atoms with Crippen molar-refractivity contribution in [2.24, 2.45) is 0 Å². The molecule has 3 nitrogen and oxygen atoms in total. The van der Waals surface area contributed by atoms with Crippen molar-refractivity contribution in [3.63, 3.8) is 0 Å². The van der Waals surface area contributed by atoms with Crippen molar-refractivity contribution < 1.29 is 22.3 Å². The minimum absolute atomic E-state index is 0.0607. The zero-order valence-corrected chi connectivity index (χ0v) is 12.8. The molecule has 6 heteroatoms. The Morgan fingerprint density at radius 2 is 1.82 bits per heavy atom. The second-order valence-corrected chi connectivity index (χ2v) is 7.27. The summed E-state index contributed by atoms with van der Waals surface area (Å²) in [4.78, 5) is 0. The predicted molar refractivity (Wildman–Crippen MR) is 80.0 cm³/mol. The Balaban J connectivity index is 2.16. The second-order valence-electron chi connectivity index (χ2n) is 5.16. The van der Waals surface area contributed by atoms with Gasteiger partial charge in [-0.2, -0.15) is 0 Å². The summed E-state index contributed by atoms with van der Waals surface area (Å²) in [6, 6.07) is 9.34. The Kier molecular flexibility index (Phi) is 4.93. The van der Waals surface area contributed by atoms with Gasteiger partial charge in [-0.25, -0.2) is 17.2 Å². The van der Waals surface area contributed by atoms with Crippen molar-refractivity contribution in [3.05, 3.63) is 70.8 Å². The van der Waals surface area contributed by atoms with Gasteiger partial charge < -0.3 is 5.11 Å². The number of hydrogen-bond donors (Lipinski definition) is 1. The van der Waals surface area contributed by atoms with Crippen molar-refractivity contribution >= 4 is 9.84 Å². The number of benzene rings is 2. The fourth-order valence-corrected chi connectivity index (χ4v) is 3.74. The van der Waals surface area contributed by atoms with Gasteiger partial charge >= 0.3 is 0 Å². The third kappa shape index (κ3) is 4.11. The van der Waals surface area contributed by atoms with Crippen LogP contribution in [0.3, 0.4) is 0 Å². The molecule has 0 aliphatic carbocycles. The summed E-state index contributed by atoms with van der Waals surface area (Å²) in [6.45, 7) is 1.59. The van der Waals surface area contributed by atoms with Gasteiger partial charge in [0.25, 0.3) is 0 Å². The molecule has 0 radical (unpaired) electrons. The van der Waals surface area contributed by atoms with E-state index in [0.717, 1.165) is 6.07 Å². The van der Waals surface area contributed by atoms with E-state index >= 15 is 0 Å². The second kappa shape index (κ2) is 6.54. The number of halogens is 2. The number of sulfone groups is 1. The molecule has 0 aliphatic rings. The van der Waals surface area contributed by atoms with Gasteiger partial charge in [0.05, 0.1) is 17.6 Å². The average molecular weight is 326 g/mol. The minimum Gasteiger partial charge on any atom is -0.387 e. The molecule has 0 spiro atoms. The summed E-state index contributed by atoms with van der Waals surface area (Å²) in [5, 5.41) is 10.1. The van der Waals surface area contributed by atoms with E-state index in [9.17, 15) is 22.3 Å². The lowest BCUT2D eigenvalue weighted by molar-refractivity contribution is 0.201. The fourth-order valence-electron chi connectivity index (χ4n) is 2.25. The maximum atomic E-state index is 13.5. The summed E-state index contributed by atoms with van der Waals surface area (Å²) >= 11 is 0. The molecule has 1 atom stereocenters. The average Bonchev–Trinajstić information content (AvgIpc) is 2.40. The van der Waals surface area contributed by atoms with Crippen molar-refractivity contribution in [2.45, 2.75) is 18.8 Å². The van der Waals surface area contributed by atoms with Gasteiger partial charge in [0, 0.05) is 5.56 Å². The molecular formula is C16H16F2O3S. The molecule has 1 N–H and O–H groups in total. The highest BCUT2D eigenvalue weighted by molar-refractivity contribution is 7.90. The Hall–Kier alpha value is -1.79. The predicted octanol–water partition coefficient (Wildman–Crippen LogP) is 2.92. The van der Waals surface area contributed by atoms with Gasteiger partial charge in [0.2, 0.25) is 0 Å². The first-order valence-electron chi connectivity index (χ1n) is 6.66. The zero-order chi connectivity index (χ0) is 16.3. The van der Waals surface area contributed by atoms with Gasteiger partial charge in [0.1, 0.15) is 11.6 Å². The van der Waals surface area contributed by atoms with Crippen LogP contribution in [0.15, 0.2) is 42.5 Å². The summed E-state index contributed by atoms with van der Waals surface area (Å²) < 4.78 is 50.8. The van der Waals surface area contributed by atoms with E-state index in [-0.39, 0.29) is 5.56 Å². The van der Waals surface area contributed by atoms with E-state index in [1.807, 2.05) is 0 Å². The minimum atomic E-state index is -3.72. The summed E-state index contributed by atoms with van der Waals surface area (Å²) in [6.07, 6.45) is -1.28. The van der Waals surface area contributed by atoms with Crippen molar-refractivity contribution in [1.82, 2.24) is 0 Å². The van der Waals surface area contributed by atoms with E-state index in [4.69, 9.17) is 0 Å². The van der Waals surface area contributed by atoms with Crippen LogP contribution in [-0.2, 0) is 15.6 Å². The number of aliphatic hydroxyl groups is 1. The van der Waals surface area contributed by atoms with Crippen LogP contribution in [0.4, 0.5) is 8.78 Å². The van der Waals surface area contributed by atoms with E-state index < -0.39 is 39.1 Å². The number of hydrogen-bond acceptors (Lipinski definition) is 3. The topological polar surface area (TPSA) is 54.4 Å². The van der Waals surface area contributed by atoms with E-state index in [1.54, 1.807) is 13.0 Å². The summed E-state index contributed by atoms with van der Waals surface area (Å²) in [7, 11) is -3.72. The van der Waals surface area contributed by atoms with E-state index in [2.05, 4.69) is 0 Å². The van der Waals surface area contributed by atoms with Crippen LogP contribution < -0.4 is 0 Å². The van der Waals surface area contributed by atoms with Gasteiger partial charge in [-0.3, -0.25) is 0 Å². The Morgan fingerprint density at radius 3 is 2.45 bits per heavy atom. The highest BCUT2D eigenvalue weighted by atomic mass is 32.2. The Morgan fingerprint density at radius 1 is 1.14 bits per heavy atom. The zero-order valence-electron chi connectivity index (χ0n) is 12.0. The lowest BCUT2D eigenvalue weighted by Crippen LogP contribution is -2.17. The molecule has 22 heavy (non-hydrogen) atoms. The molecule has 0 heterocycles. The molecule has 1 unspecified atom stereocenters. The third-order valence-electron chi connectivity index (χ3n) is 3.34. The molecular weight excluding hydrogens is 310 g/mol. The van der Waals surface area contributed by atoms with Crippen molar-refractivity contribution in [2.75, 3.05) is 5.75 Å². The Bertz CT molecular complexity index is 773. The van der Waals surface area contributed by atoms with E-state index in [0.29, 0.717) is 11.1 Å². The molecule has 2 aromatic carbocycles. The lowest BCUT2D eigenvalue weighted by Gasteiger charge is -2.14. The number of aliphatic hydroxyl groups excluding tert-OH is 1. The molecule has 0 aromatic heterocycles. The van der Waals surface area contributed by atoms with E-state index in [1.165, 1.54) is 30.3 Å². The fraction of sp³-hybridized carbons (Fsp3) is 0.250. The lowest BCUT2D eigenvalue weighted by atomic mass is 10.0. The summed E-state index contributed by atoms with van der Waals surface area (Å²) in [5.74, 6) is -2.09. The SMILES string of the molecule is Cc1cc(F)ccc1C(O)CS(=O)(=O)Cc1ccccc1F. The molecule has 0 amide bonds. The first kappa shape index (κ1) is 16.6. The summed E-state index contributed by atoms with van der Waals surface area (Å²) in [5.41, 5.74) is 0.873. The standard InChI is InChI=1S/C16H16F2O3S/c1-11-8-13(17)6-7-14(11)16(19)10-22(20,21)9-12-4-2-3-5-15(12)18/h2-8,16,19H,9-10H2,1H3. The third-order valence-corrected chi connectivity index (χ3v) is 4.91. The van der Waals surface area contributed by atoms with Crippen molar-refractivity contribution in [3.8, 4) is 0 Å². The van der Waals surface area contributed by atoms with Gasteiger partial charge in [-0.05, 0) is 36.2 Å². The first-order chi connectivity index (χ1) is 10.3. The van der Waals surface area contributed by atoms with Crippen LogP contribution in [-0.4, -0.2) is 19.3 Å². The molecule has 2 aromatic rings. The van der Waals surface area contributed by atoms with Crippen LogP contribution in [0.1, 0.15) is 22.8 Å². The van der Waals surface area contributed by atoms with Gasteiger partial charge in [-0.1, -0.05) is 24.3 Å². The maximum absolute atomic E-state index is 13.5. The quantitative estimate of drug-likeness (QED) is 0.919. The Labute approximate surface area is 128 Å². The molecule has 0 aliphatic heterocycles. The highest BCUT2D eigenvalue weighted by Gasteiger charge is 2.22. The van der Waals surface area contributed by atoms with Crippen molar-refractivity contribution in [1.29, 1.82) is 0 Å². The van der Waals surface area contributed by atoms with Crippen LogP contribution in [0.2, 0.25) is 0 Å². The van der Waals surface area contributed by atoms with Gasteiger partial charge in [0.15, 0.2) is 9.84 Å². The molecule has 0 saturated carbocycles. The van der Waals surface area contributed by atoms with Gasteiger partial charge in [-0.15, -0.1) is 0 Å². The first-order valence-corrected chi connectivity index (χ1v) is 8.48. The monoisotopic (exact) mass is 326 g/mol.